The molecule has 4 nitrogen and oxygen atoms in total. The minimum atomic E-state index is -0.352. The molecule has 0 radical (unpaired) electrons. The first kappa shape index (κ1) is 19.6. The Balaban J connectivity index is 1.69. The second-order valence-electron chi connectivity index (χ2n) is 6.56. The Hall–Kier alpha value is -3.11. The van der Waals surface area contributed by atoms with Gasteiger partial charge in [-0.15, -0.1) is 0 Å². The lowest BCUT2D eigenvalue weighted by Gasteiger charge is -2.13. The van der Waals surface area contributed by atoms with Crippen LogP contribution in [0.4, 0.5) is 0 Å². The monoisotopic (exact) mass is 376 g/mol. The minimum absolute atomic E-state index is 0.00755. The van der Waals surface area contributed by atoms with Crippen LogP contribution in [0, 0.1) is 0 Å². The molecule has 1 N–H and O–H groups in total. The van der Waals surface area contributed by atoms with Crippen LogP contribution in [-0.4, -0.2) is 18.2 Å². The number of hydrogen-bond acceptors (Lipinski definition) is 4. The number of esters is 1. The van der Waals surface area contributed by atoms with Gasteiger partial charge in [-0.25, -0.2) is 4.79 Å². The van der Waals surface area contributed by atoms with Crippen molar-refractivity contribution in [3.8, 4) is 5.75 Å². The van der Waals surface area contributed by atoms with Gasteiger partial charge in [0.2, 0.25) is 0 Å². The molecule has 144 valence electrons. The second kappa shape index (κ2) is 9.72. The molecule has 4 heteroatoms. The van der Waals surface area contributed by atoms with Crippen molar-refractivity contribution < 1.29 is 19.4 Å². The third kappa shape index (κ3) is 5.21. The number of benzene rings is 3. The Labute approximate surface area is 165 Å². The van der Waals surface area contributed by atoms with Crippen LogP contribution in [0.2, 0.25) is 0 Å². The van der Waals surface area contributed by atoms with Gasteiger partial charge in [0.15, 0.2) is 0 Å². The molecule has 0 aliphatic carbocycles. The summed E-state index contributed by atoms with van der Waals surface area (Å²) in [6.07, 6.45) is 1.73. The third-order valence-corrected chi connectivity index (χ3v) is 4.60. The zero-order valence-corrected chi connectivity index (χ0v) is 15.9. The van der Waals surface area contributed by atoms with E-state index in [0.717, 1.165) is 35.3 Å². The summed E-state index contributed by atoms with van der Waals surface area (Å²) >= 11 is 0. The Morgan fingerprint density at radius 3 is 2.25 bits per heavy atom. The third-order valence-electron chi connectivity index (χ3n) is 4.60. The number of methoxy groups -OCH3 is 1. The molecule has 0 unspecified atom stereocenters. The zero-order chi connectivity index (χ0) is 19.8. The Morgan fingerprint density at radius 2 is 1.57 bits per heavy atom. The minimum Gasteiger partial charge on any atom is -0.489 e. The van der Waals surface area contributed by atoms with Crippen LogP contribution in [0.1, 0.15) is 32.6 Å². The number of rotatable bonds is 8. The predicted octanol–water partition coefficient (Wildman–Crippen LogP) is 4.33. The van der Waals surface area contributed by atoms with E-state index in [2.05, 4.69) is 12.1 Å². The molecule has 0 atom stereocenters. The molecule has 3 aromatic rings. The van der Waals surface area contributed by atoms with Crippen molar-refractivity contribution in [2.45, 2.75) is 26.1 Å². The lowest BCUT2D eigenvalue weighted by molar-refractivity contribution is 0.0600. The first-order valence-electron chi connectivity index (χ1n) is 9.26. The first-order chi connectivity index (χ1) is 13.7. The molecule has 0 fully saturated rings. The summed E-state index contributed by atoms with van der Waals surface area (Å²) in [5, 5.41) is 9.46. The SMILES string of the molecule is COC(=O)c1ccc(COc2ccc(CO)cc2CCc2ccccc2)cc1. The smallest absolute Gasteiger partial charge is 0.337 e. The molecule has 0 heterocycles. The van der Waals surface area contributed by atoms with E-state index in [9.17, 15) is 9.90 Å². The molecule has 0 aliphatic heterocycles. The van der Waals surface area contributed by atoms with Crippen LogP contribution < -0.4 is 4.74 Å². The van der Waals surface area contributed by atoms with Gasteiger partial charge in [-0.05, 0) is 59.4 Å². The van der Waals surface area contributed by atoms with E-state index in [1.54, 1.807) is 12.1 Å². The summed E-state index contributed by atoms with van der Waals surface area (Å²) in [6.45, 7) is 0.409. The molecular formula is C24H24O4. The summed E-state index contributed by atoms with van der Waals surface area (Å²) in [5.74, 6) is 0.459. The fourth-order valence-electron chi connectivity index (χ4n) is 3.01. The number of aliphatic hydroxyl groups excluding tert-OH is 1. The van der Waals surface area contributed by atoms with E-state index in [1.807, 2.05) is 48.5 Å². The molecule has 0 aromatic heterocycles. The average molecular weight is 376 g/mol. The Bertz CT molecular complexity index is 902. The van der Waals surface area contributed by atoms with E-state index in [1.165, 1.54) is 12.7 Å². The molecule has 0 amide bonds. The van der Waals surface area contributed by atoms with Gasteiger partial charge in [-0.2, -0.15) is 0 Å². The highest BCUT2D eigenvalue weighted by atomic mass is 16.5. The first-order valence-corrected chi connectivity index (χ1v) is 9.26. The predicted molar refractivity (Wildman–Crippen MR) is 108 cm³/mol. The van der Waals surface area contributed by atoms with E-state index in [0.29, 0.717) is 12.2 Å². The highest BCUT2D eigenvalue weighted by Crippen LogP contribution is 2.24. The van der Waals surface area contributed by atoms with E-state index < -0.39 is 0 Å². The zero-order valence-electron chi connectivity index (χ0n) is 15.9. The highest BCUT2D eigenvalue weighted by molar-refractivity contribution is 5.89. The molecule has 0 bridgehead atoms. The maximum Gasteiger partial charge on any atom is 0.337 e. The molecular weight excluding hydrogens is 352 g/mol. The molecule has 0 spiro atoms. The molecule has 0 aliphatic rings. The van der Waals surface area contributed by atoms with Crippen LogP contribution in [0.15, 0.2) is 72.8 Å². The number of carbonyl (C=O) groups excluding carboxylic acids is 1. The van der Waals surface area contributed by atoms with Gasteiger partial charge in [0.25, 0.3) is 0 Å². The lowest BCUT2D eigenvalue weighted by atomic mass is 10.0. The fraction of sp³-hybridized carbons (Fsp3) is 0.208. The van der Waals surface area contributed by atoms with Gasteiger partial charge < -0.3 is 14.6 Å². The Kier molecular flexibility index (Phi) is 6.82. The Morgan fingerprint density at radius 1 is 0.857 bits per heavy atom. The number of carbonyl (C=O) groups is 1. The van der Waals surface area contributed by atoms with E-state index in [-0.39, 0.29) is 12.6 Å². The van der Waals surface area contributed by atoms with Gasteiger partial charge in [0.05, 0.1) is 19.3 Å². The summed E-state index contributed by atoms with van der Waals surface area (Å²) < 4.78 is 10.8. The summed E-state index contributed by atoms with van der Waals surface area (Å²) in [7, 11) is 1.37. The van der Waals surface area contributed by atoms with E-state index in [4.69, 9.17) is 9.47 Å². The number of hydrogen-bond donors (Lipinski definition) is 1. The maximum atomic E-state index is 11.5. The van der Waals surface area contributed by atoms with Gasteiger partial charge in [-0.3, -0.25) is 0 Å². The normalized spacial score (nSPS) is 10.5. The fourth-order valence-corrected chi connectivity index (χ4v) is 3.01. The van der Waals surface area contributed by atoms with Gasteiger partial charge in [-0.1, -0.05) is 48.5 Å². The standard InChI is InChI=1S/C24H24O4/c1-27-24(26)21-11-8-19(9-12-21)17-28-23-14-10-20(16-25)15-22(23)13-7-18-5-3-2-4-6-18/h2-6,8-12,14-15,25H,7,13,16-17H2,1H3. The summed E-state index contributed by atoms with van der Waals surface area (Å²) in [6, 6.07) is 23.3. The van der Waals surface area contributed by atoms with E-state index >= 15 is 0 Å². The van der Waals surface area contributed by atoms with Crippen molar-refractivity contribution in [3.63, 3.8) is 0 Å². The number of aliphatic hydroxyl groups is 1. The van der Waals surface area contributed by atoms with Crippen molar-refractivity contribution in [2.24, 2.45) is 0 Å². The van der Waals surface area contributed by atoms with Crippen LogP contribution in [0.25, 0.3) is 0 Å². The van der Waals surface area contributed by atoms with Gasteiger partial charge >= 0.3 is 5.97 Å². The van der Waals surface area contributed by atoms with Crippen molar-refractivity contribution in [1.29, 1.82) is 0 Å². The van der Waals surface area contributed by atoms with Gasteiger partial charge in [0.1, 0.15) is 12.4 Å². The molecule has 28 heavy (non-hydrogen) atoms. The number of aryl methyl sites for hydroxylation is 2. The van der Waals surface area contributed by atoms with Crippen molar-refractivity contribution in [1.82, 2.24) is 0 Å². The van der Waals surface area contributed by atoms with Crippen LogP contribution in [0.5, 0.6) is 5.75 Å². The van der Waals surface area contributed by atoms with Crippen molar-refractivity contribution >= 4 is 5.97 Å². The van der Waals surface area contributed by atoms with Crippen LogP contribution in [-0.2, 0) is 30.8 Å². The topological polar surface area (TPSA) is 55.8 Å². The lowest BCUT2D eigenvalue weighted by Crippen LogP contribution is -2.03. The average Bonchev–Trinajstić information content (AvgIpc) is 2.77. The van der Waals surface area contributed by atoms with Crippen molar-refractivity contribution in [3.05, 3.63) is 101 Å². The quantitative estimate of drug-likeness (QED) is 0.595. The van der Waals surface area contributed by atoms with Crippen LogP contribution >= 0.6 is 0 Å². The molecule has 0 saturated carbocycles. The molecule has 3 aromatic carbocycles. The van der Waals surface area contributed by atoms with Crippen molar-refractivity contribution in [2.75, 3.05) is 7.11 Å². The second-order valence-corrected chi connectivity index (χ2v) is 6.56. The summed E-state index contributed by atoms with van der Waals surface area (Å²) in [4.78, 5) is 11.5. The number of ether oxygens (including phenoxy) is 2. The molecule has 0 saturated heterocycles. The summed E-state index contributed by atoms with van der Waals surface area (Å²) in [5.41, 5.74) is 4.69. The van der Waals surface area contributed by atoms with Gasteiger partial charge in [0, 0.05) is 0 Å². The maximum absolute atomic E-state index is 11.5. The highest BCUT2D eigenvalue weighted by Gasteiger charge is 2.08. The van der Waals surface area contributed by atoms with Crippen LogP contribution in [0.3, 0.4) is 0 Å². The largest absolute Gasteiger partial charge is 0.489 e. The molecule has 3 rings (SSSR count).